The van der Waals surface area contributed by atoms with Gasteiger partial charge in [0, 0.05) is 81.0 Å². The number of aromatic nitrogens is 2. The number of amides is 6. The van der Waals surface area contributed by atoms with E-state index in [1.165, 1.54) is 11.0 Å². The number of hydrogen-bond donors (Lipinski definition) is 3. The van der Waals surface area contributed by atoms with E-state index in [9.17, 15) is 37.1 Å². The first-order valence-corrected chi connectivity index (χ1v) is 26.4. The fourth-order valence-electron chi connectivity index (χ4n) is 10.7. The minimum absolute atomic E-state index is 0.0560. The van der Waals surface area contributed by atoms with Crippen LogP contribution in [0.3, 0.4) is 0 Å². The molecule has 8 rings (SSSR count). The standard InChI is InChI=1S/C55H68ClF3N8O8/c1-32(39-25-40(55(57,58)59)28-41(26-39)63-53(72)75-54(3,4)5)60-49-43-29-42(47(73-6)30-45(43)61-33(2)62-49)36-7-9-37(10-8-36)50(69)65-19-13-34(14-20-65)18-24-74-31-35-15-21-66(22-16-35)51(70)38-11-12-44(56)46(27-38)67-23-17-48(68)64-52(67)71/h11-12,25-30,32,34-37H,7-10,13-24,31H2,1-6H3,(H,63,72)(H,60,61,62)(H,64,68,71)/t32-,36?,37?/m1/s1. The molecular formula is C55H68ClF3N8O8. The van der Waals surface area contributed by atoms with Crippen molar-refractivity contribution in [2.24, 2.45) is 17.8 Å². The number of carbonyl (C=O) groups is 5. The number of hydrogen-bond acceptors (Lipinski definition) is 11. The smallest absolute Gasteiger partial charge is 0.416 e. The van der Waals surface area contributed by atoms with Gasteiger partial charge >= 0.3 is 18.3 Å². The van der Waals surface area contributed by atoms with E-state index in [2.05, 4.69) is 20.9 Å². The molecule has 4 aliphatic rings. The number of benzene rings is 3. The van der Waals surface area contributed by atoms with Crippen molar-refractivity contribution in [1.29, 1.82) is 0 Å². The highest BCUT2D eigenvalue weighted by Gasteiger charge is 2.35. The van der Waals surface area contributed by atoms with Crippen molar-refractivity contribution in [3.63, 3.8) is 0 Å². The minimum Gasteiger partial charge on any atom is -0.496 e. The van der Waals surface area contributed by atoms with E-state index in [0.717, 1.165) is 88.6 Å². The third kappa shape index (κ3) is 13.8. The Bertz CT molecular complexity index is 2770. The summed E-state index contributed by atoms with van der Waals surface area (Å²) in [4.78, 5) is 78.6. The van der Waals surface area contributed by atoms with Crippen LogP contribution in [0.5, 0.6) is 5.75 Å². The number of anilines is 3. The first-order chi connectivity index (χ1) is 35.6. The Morgan fingerprint density at radius 1 is 0.867 bits per heavy atom. The summed E-state index contributed by atoms with van der Waals surface area (Å²) in [7, 11) is 1.62. The first kappa shape index (κ1) is 55.0. The Hall–Kier alpha value is -6.21. The second-order valence-electron chi connectivity index (χ2n) is 21.4. The van der Waals surface area contributed by atoms with Crippen LogP contribution >= 0.6 is 11.6 Å². The maximum Gasteiger partial charge on any atom is 0.416 e. The number of ether oxygens (including phenoxy) is 3. The third-order valence-corrected chi connectivity index (χ3v) is 15.2. The number of likely N-dealkylation sites (tertiary alicyclic amines) is 2. The summed E-state index contributed by atoms with van der Waals surface area (Å²) in [6, 6.07) is 10.9. The predicted molar refractivity (Wildman–Crippen MR) is 279 cm³/mol. The van der Waals surface area contributed by atoms with Crippen molar-refractivity contribution < 1.29 is 51.4 Å². The van der Waals surface area contributed by atoms with Crippen molar-refractivity contribution in [3.05, 3.63) is 81.6 Å². The third-order valence-electron chi connectivity index (χ3n) is 14.8. The lowest BCUT2D eigenvalue weighted by atomic mass is 9.77. The van der Waals surface area contributed by atoms with E-state index in [1.54, 1.807) is 59.9 Å². The zero-order chi connectivity index (χ0) is 53.8. The largest absolute Gasteiger partial charge is 0.496 e. The highest BCUT2D eigenvalue weighted by Crippen LogP contribution is 2.43. The molecule has 1 aromatic heterocycles. The zero-order valence-corrected chi connectivity index (χ0v) is 44.3. The molecular weight excluding hydrogens is 993 g/mol. The van der Waals surface area contributed by atoms with E-state index in [4.69, 9.17) is 30.8 Å². The van der Waals surface area contributed by atoms with Crippen molar-refractivity contribution in [3.8, 4) is 5.75 Å². The highest BCUT2D eigenvalue weighted by atomic mass is 35.5. The molecule has 75 heavy (non-hydrogen) atoms. The molecule has 0 bridgehead atoms. The summed E-state index contributed by atoms with van der Waals surface area (Å²) in [5, 5.41) is 9.08. The van der Waals surface area contributed by atoms with Gasteiger partial charge in [-0.15, -0.1) is 0 Å². The fraction of sp³-hybridized carbons (Fsp3) is 0.545. The minimum atomic E-state index is -4.67. The van der Waals surface area contributed by atoms with E-state index in [0.29, 0.717) is 82.7 Å². The highest BCUT2D eigenvalue weighted by molar-refractivity contribution is 6.34. The predicted octanol–water partition coefficient (Wildman–Crippen LogP) is 11.1. The molecule has 3 aromatic carbocycles. The zero-order valence-electron chi connectivity index (χ0n) is 43.5. The van der Waals surface area contributed by atoms with Gasteiger partial charge in [-0.3, -0.25) is 29.9 Å². The number of imide groups is 1. The van der Waals surface area contributed by atoms with E-state index in [-0.39, 0.29) is 53.8 Å². The maximum absolute atomic E-state index is 14.1. The summed E-state index contributed by atoms with van der Waals surface area (Å²) in [5.41, 5.74) is 0.859. The number of urea groups is 1. The summed E-state index contributed by atoms with van der Waals surface area (Å²) in [6.07, 6.45) is 2.07. The number of alkyl halides is 3. The van der Waals surface area contributed by atoms with Crippen LogP contribution in [0.15, 0.2) is 48.5 Å². The van der Waals surface area contributed by atoms with Crippen molar-refractivity contribution in [1.82, 2.24) is 25.1 Å². The molecule has 4 heterocycles. The average molecular weight is 1060 g/mol. The Labute approximate surface area is 440 Å². The van der Waals surface area contributed by atoms with Gasteiger partial charge in [0.15, 0.2) is 0 Å². The lowest BCUT2D eigenvalue weighted by Gasteiger charge is -2.36. The van der Waals surface area contributed by atoms with Gasteiger partial charge in [-0.05, 0) is 164 Å². The van der Waals surface area contributed by atoms with Crippen LogP contribution in [-0.4, -0.2) is 108 Å². The molecule has 404 valence electrons. The van der Waals surface area contributed by atoms with Crippen LogP contribution in [-0.2, 0) is 25.2 Å². The number of rotatable bonds is 14. The molecule has 0 unspecified atom stereocenters. The Kier molecular flexibility index (Phi) is 17.1. The van der Waals surface area contributed by atoms with Crippen molar-refractivity contribution in [2.75, 3.05) is 68.6 Å². The van der Waals surface area contributed by atoms with E-state index in [1.807, 2.05) is 21.9 Å². The monoisotopic (exact) mass is 1060 g/mol. The van der Waals surface area contributed by atoms with Crippen LogP contribution in [0.1, 0.15) is 137 Å². The van der Waals surface area contributed by atoms with Gasteiger partial charge in [-0.25, -0.2) is 19.6 Å². The lowest BCUT2D eigenvalue weighted by molar-refractivity contribution is -0.138. The summed E-state index contributed by atoms with van der Waals surface area (Å²) in [6.45, 7) is 12.6. The average Bonchev–Trinajstić information content (AvgIpc) is 3.37. The molecule has 0 spiro atoms. The number of methoxy groups -OCH3 is 1. The maximum atomic E-state index is 14.1. The number of nitrogens with one attached hydrogen (secondary N) is 3. The number of nitrogens with zero attached hydrogens (tertiary/aromatic N) is 5. The molecule has 20 heteroatoms. The molecule has 3 N–H and O–H groups in total. The summed E-state index contributed by atoms with van der Waals surface area (Å²) in [5.74, 6) is 2.17. The van der Waals surface area contributed by atoms with Gasteiger partial charge in [-0.1, -0.05) is 11.6 Å². The van der Waals surface area contributed by atoms with Crippen LogP contribution in [0.25, 0.3) is 10.9 Å². The molecule has 4 aromatic rings. The number of aryl methyl sites for hydroxylation is 1. The molecule has 1 atom stereocenters. The number of carbonyl (C=O) groups excluding carboxylic acids is 5. The topological polar surface area (TPSA) is 185 Å². The Morgan fingerprint density at radius 2 is 1.56 bits per heavy atom. The number of fused-ring (bicyclic) bond motifs is 1. The Morgan fingerprint density at radius 3 is 2.23 bits per heavy atom. The quantitative estimate of drug-likeness (QED) is 0.102. The molecule has 16 nitrogen and oxygen atoms in total. The van der Waals surface area contributed by atoms with Gasteiger partial charge in [-0.2, -0.15) is 13.2 Å². The van der Waals surface area contributed by atoms with E-state index >= 15 is 0 Å². The number of piperidine rings is 2. The fourth-order valence-corrected chi connectivity index (χ4v) is 10.9. The first-order valence-electron chi connectivity index (χ1n) is 26.0. The summed E-state index contributed by atoms with van der Waals surface area (Å²) < 4.78 is 59.8. The molecule has 3 aliphatic heterocycles. The van der Waals surface area contributed by atoms with Gasteiger partial charge < -0.3 is 29.3 Å². The molecule has 4 fully saturated rings. The lowest BCUT2D eigenvalue weighted by Crippen LogP contribution is -2.49. The van der Waals surface area contributed by atoms with Crippen LogP contribution in [0.4, 0.5) is 40.0 Å². The van der Waals surface area contributed by atoms with Crippen molar-refractivity contribution >= 4 is 69.5 Å². The number of halogens is 4. The van der Waals surface area contributed by atoms with Crippen LogP contribution in [0, 0.1) is 24.7 Å². The van der Waals surface area contributed by atoms with E-state index < -0.39 is 35.5 Å². The molecule has 0 radical (unpaired) electrons. The van der Waals surface area contributed by atoms with Gasteiger partial charge in [0.1, 0.15) is 23.0 Å². The van der Waals surface area contributed by atoms with Crippen LogP contribution in [0.2, 0.25) is 5.02 Å². The normalized spacial score (nSPS) is 19.7. The van der Waals surface area contributed by atoms with Gasteiger partial charge in [0.2, 0.25) is 11.8 Å². The molecule has 1 aliphatic carbocycles. The van der Waals surface area contributed by atoms with Crippen LogP contribution < -0.4 is 25.6 Å². The Balaban J connectivity index is 0.792. The van der Waals surface area contributed by atoms with Crippen molar-refractivity contribution in [2.45, 2.75) is 123 Å². The summed E-state index contributed by atoms with van der Waals surface area (Å²) >= 11 is 6.40. The second kappa shape index (κ2) is 23.4. The SMILES string of the molecule is COc1cc2nc(C)nc(N[C@H](C)c3cc(NC(=O)OC(C)(C)C)cc(C(F)(F)F)c3)c2cc1C1CCC(C(=O)N2CCC(CCOCC3CCN(C(=O)c4ccc(Cl)c(N5CCC(=O)NC5=O)c4)CC3)CC2)CC1. The van der Waals surface area contributed by atoms with Gasteiger partial charge in [0.05, 0.1) is 34.9 Å². The molecule has 1 saturated carbocycles. The molecule has 6 amide bonds. The second-order valence-corrected chi connectivity index (χ2v) is 21.8. The molecule has 3 saturated heterocycles. The van der Waals surface area contributed by atoms with Gasteiger partial charge in [0.25, 0.3) is 5.91 Å².